The third kappa shape index (κ3) is 4.58. The van der Waals surface area contributed by atoms with Gasteiger partial charge in [0.15, 0.2) is 0 Å². The molecule has 3 heteroatoms. The van der Waals surface area contributed by atoms with Crippen LogP contribution in [0, 0.1) is 0 Å². The minimum atomic E-state index is 0.157. The summed E-state index contributed by atoms with van der Waals surface area (Å²) in [5.74, 6) is 1.16. The molecule has 0 atom stereocenters. The van der Waals surface area contributed by atoms with Crippen LogP contribution in [-0.2, 0) is 5.41 Å². The molecule has 3 aromatic carbocycles. The van der Waals surface area contributed by atoms with Crippen LogP contribution in [0.3, 0.4) is 0 Å². The SMILES string of the molecule is CC(C)(C)c1ccc(-c2ccc(-c3nnc(C4=CC=C(c5ccccc5)CC4)o3)cc2)cc1. The predicted molar refractivity (Wildman–Crippen MR) is 135 cm³/mol. The van der Waals surface area contributed by atoms with Gasteiger partial charge in [-0.3, -0.25) is 0 Å². The Balaban J connectivity index is 1.32. The molecule has 5 rings (SSSR count). The molecule has 3 nitrogen and oxygen atoms in total. The van der Waals surface area contributed by atoms with Gasteiger partial charge >= 0.3 is 0 Å². The molecule has 0 saturated carbocycles. The van der Waals surface area contributed by atoms with Crippen molar-refractivity contribution in [1.29, 1.82) is 0 Å². The lowest BCUT2D eigenvalue weighted by atomic mass is 9.86. The molecule has 0 spiro atoms. The minimum absolute atomic E-state index is 0.157. The molecule has 0 bridgehead atoms. The van der Waals surface area contributed by atoms with Gasteiger partial charge in [0.1, 0.15) is 0 Å². The highest BCUT2D eigenvalue weighted by atomic mass is 16.4. The van der Waals surface area contributed by atoms with Gasteiger partial charge in [0.05, 0.1) is 0 Å². The van der Waals surface area contributed by atoms with Crippen molar-refractivity contribution in [2.24, 2.45) is 0 Å². The zero-order chi connectivity index (χ0) is 22.8. The monoisotopic (exact) mass is 432 g/mol. The maximum absolute atomic E-state index is 6.03. The highest BCUT2D eigenvalue weighted by Gasteiger charge is 2.17. The van der Waals surface area contributed by atoms with Gasteiger partial charge in [-0.15, -0.1) is 10.2 Å². The fourth-order valence-electron chi connectivity index (χ4n) is 4.15. The molecule has 0 N–H and O–H groups in total. The van der Waals surface area contributed by atoms with Gasteiger partial charge in [0, 0.05) is 11.1 Å². The van der Waals surface area contributed by atoms with Crippen LogP contribution in [-0.4, -0.2) is 10.2 Å². The van der Waals surface area contributed by atoms with Gasteiger partial charge in [0.25, 0.3) is 0 Å². The molecular formula is C30H28N2O. The Hall–Kier alpha value is -3.72. The van der Waals surface area contributed by atoms with Gasteiger partial charge in [-0.2, -0.15) is 0 Å². The molecule has 0 aliphatic heterocycles. The smallest absolute Gasteiger partial charge is 0.248 e. The standard InChI is InChI=1S/C30H28N2O/c1-30(2,3)27-19-17-24(18-20-27)23-11-15-26(16-12-23)29-32-31-28(33-29)25-13-9-22(10-14-25)21-7-5-4-6-8-21/h4-9,11-13,15-20H,10,14H2,1-3H3. The summed E-state index contributed by atoms with van der Waals surface area (Å²) in [7, 11) is 0. The van der Waals surface area contributed by atoms with Crippen LogP contribution in [0.1, 0.15) is 50.6 Å². The highest BCUT2D eigenvalue weighted by Crippen LogP contribution is 2.33. The lowest BCUT2D eigenvalue weighted by Gasteiger charge is -2.19. The third-order valence-electron chi connectivity index (χ3n) is 6.21. The van der Waals surface area contributed by atoms with Crippen molar-refractivity contribution >= 4 is 11.1 Å². The second-order valence-electron chi connectivity index (χ2n) is 9.57. The molecule has 0 saturated heterocycles. The number of aromatic nitrogens is 2. The summed E-state index contributed by atoms with van der Waals surface area (Å²) in [6, 6.07) is 27.6. The fourth-order valence-corrected chi connectivity index (χ4v) is 4.15. The summed E-state index contributed by atoms with van der Waals surface area (Å²) in [6.07, 6.45) is 6.13. The predicted octanol–water partition coefficient (Wildman–Crippen LogP) is 7.96. The van der Waals surface area contributed by atoms with Crippen LogP contribution < -0.4 is 0 Å². The summed E-state index contributed by atoms with van der Waals surface area (Å²) in [5, 5.41) is 8.61. The molecule has 1 aromatic heterocycles. The van der Waals surface area contributed by atoms with Crippen molar-refractivity contribution in [1.82, 2.24) is 10.2 Å². The Labute approximate surface area is 195 Å². The normalized spacial score (nSPS) is 14.0. The molecule has 1 aliphatic carbocycles. The van der Waals surface area contributed by atoms with Crippen molar-refractivity contribution in [3.05, 3.63) is 108 Å². The van der Waals surface area contributed by atoms with Gasteiger partial charge in [-0.25, -0.2) is 0 Å². The second kappa shape index (κ2) is 8.67. The number of allylic oxidation sites excluding steroid dienone is 4. The maximum Gasteiger partial charge on any atom is 0.248 e. The van der Waals surface area contributed by atoms with E-state index in [-0.39, 0.29) is 5.41 Å². The average molecular weight is 433 g/mol. The quantitative estimate of drug-likeness (QED) is 0.328. The van der Waals surface area contributed by atoms with Crippen molar-refractivity contribution in [3.8, 4) is 22.6 Å². The Morgan fingerprint density at radius 3 is 1.73 bits per heavy atom. The zero-order valence-corrected chi connectivity index (χ0v) is 19.4. The molecule has 164 valence electrons. The number of hydrogen-bond donors (Lipinski definition) is 0. The first kappa shape index (κ1) is 21.1. The van der Waals surface area contributed by atoms with E-state index in [0.29, 0.717) is 11.8 Å². The van der Waals surface area contributed by atoms with Crippen LogP contribution in [0.15, 0.2) is 95.4 Å². The first-order valence-corrected chi connectivity index (χ1v) is 11.5. The Bertz CT molecular complexity index is 1300. The van der Waals surface area contributed by atoms with E-state index < -0.39 is 0 Å². The molecule has 33 heavy (non-hydrogen) atoms. The van der Waals surface area contributed by atoms with Crippen LogP contribution in [0.5, 0.6) is 0 Å². The maximum atomic E-state index is 6.03. The number of benzene rings is 3. The molecule has 1 heterocycles. The van der Waals surface area contributed by atoms with E-state index in [1.165, 1.54) is 27.8 Å². The van der Waals surface area contributed by atoms with E-state index in [1.54, 1.807) is 0 Å². The van der Waals surface area contributed by atoms with E-state index in [1.807, 2.05) is 18.2 Å². The van der Waals surface area contributed by atoms with Crippen LogP contribution in [0.4, 0.5) is 0 Å². The lowest BCUT2D eigenvalue weighted by molar-refractivity contribution is 0.550. The van der Waals surface area contributed by atoms with E-state index >= 15 is 0 Å². The van der Waals surface area contributed by atoms with E-state index in [4.69, 9.17) is 4.42 Å². The van der Waals surface area contributed by atoms with Crippen molar-refractivity contribution in [3.63, 3.8) is 0 Å². The number of hydrogen-bond acceptors (Lipinski definition) is 3. The van der Waals surface area contributed by atoms with Crippen LogP contribution in [0.2, 0.25) is 0 Å². The van der Waals surface area contributed by atoms with Crippen molar-refractivity contribution in [2.75, 3.05) is 0 Å². The summed E-state index contributed by atoms with van der Waals surface area (Å²) < 4.78 is 6.03. The van der Waals surface area contributed by atoms with Gasteiger partial charge in [-0.1, -0.05) is 99.7 Å². The molecular weight excluding hydrogens is 404 g/mol. The number of rotatable bonds is 4. The summed E-state index contributed by atoms with van der Waals surface area (Å²) >= 11 is 0. The lowest BCUT2D eigenvalue weighted by Crippen LogP contribution is -2.10. The molecule has 1 aliphatic rings. The Morgan fingerprint density at radius 1 is 0.576 bits per heavy atom. The summed E-state index contributed by atoms with van der Waals surface area (Å²) in [4.78, 5) is 0. The fraction of sp³-hybridized carbons (Fsp3) is 0.200. The largest absolute Gasteiger partial charge is 0.416 e. The second-order valence-corrected chi connectivity index (χ2v) is 9.57. The van der Waals surface area contributed by atoms with Crippen molar-refractivity contribution < 1.29 is 4.42 Å². The molecule has 0 amide bonds. The Kier molecular flexibility index (Phi) is 5.55. The van der Waals surface area contributed by atoms with Gasteiger partial charge < -0.3 is 4.42 Å². The average Bonchev–Trinajstić information content (AvgIpc) is 3.35. The topological polar surface area (TPSA) is 38.9 Å². The Morgan fingerprint density at radius 2 is 1.12 bits per heavy atom. The van der Waals surface area contributed by atoms with E-state index in [2.05, 4.69) is 104 Å². The number of nitrogens with zero attached hydrogens (tertiary/aromatic N) is 2. The van der Waals surface area contributed by atoms with Gasteiger partial charge in [0.2, 0.25) is 11.8 Å². The molecule has 0 radical (unpaired) electrons. The highest BCUT2D eigenvalue weighted by molar-refractivity contribution is 5.76. The first-order valence-electron chi connectivity index (χ1n) is 11.5. The van der Waals surface area contributed by atoms with Crippen LogP contribution in [0.25, 0.3) is 33.7 Å². The van der Waals surface area contributed by atoms with E-state index in [0.717, 1.165) is 24.0 Å². The molecule has 0 unspecified atom stereocenters. The molecule has 4 aromatic rings. The van der Waals surface area contributed by atoms with Gasteiger partial charge in [-0.05, 0) is 58.2 Å². The zero-order valence-electron chi connectivity index (χ0n) is 19.4. The third-order valence-corrected chi connectivity index (χ3v) is 6.21. The van der Waals surface area contributed by atoms with Crippen LogP contribution >= 0.6 is 0 Å². The van der Waals surface area contributed by atoms with E-state index in [9.17, 15) is 0 Å². The summed E-state index contributed by atoms with van der Waals surface area (Å²) in [6.45, 7) is 6.70. The minimum Gasteiger partial charge on any atom is -0.416 e. The summed E-state index contributed by atoms with van der Waals surface area (Å²) in [5.41, 5.74) is 8.50. The van der Waals surface area contributed by atoms with Crippen molar-refractivity contribution in [2.45, 2.75) is 39.0 Å². The molecule has 0 fully saturated rings. The first-order chi connectivity index (χ1) is 16.0.